The largest absolute Gasteiger partial charge is 0.493 e. The van der Waals surface area contributed by atoms with Gasteiger partial charge >= 0.3 is 0 Å². The van der Waals surface area contributed by atoms with E-state index in [9.17, 15) is 0 Å². The van der Waals surface area contributed by atoms with Crippen LogP contribution in [0.5, 0.6) is 5.75 Å². The zero-order chi connectivity index (χ0) is 11.4. The molecule has 1 fully saturated rings. The van der Waals surface area contributed by atoms with Crippen molar-refractivity contribution >= 4 is 5.82 Å². The quantitative estimate of drug-likeness (QED) is 0.813. The average Bonchev–Trinajstić information content (AvgIpc) is 2.79. The first-order valence-corrected chi connectivity index (χ1v) is 5.77. The third-order valence-corrected chi connectivity index (χ3v) is 3.33. The monoisotopic (exact) mass is 221 g/mol. The van der Waals surface area contributed by atoms with Crippen molar-refractivity contribution in [1.29, 1.82) is 0 Å². The summed E-state index contributed by atoms with van der Waals surface area (Å²) in [7, 11) is 1.66. The lowest BCUT2D eigenvalue weighted by Crippen LogP contribution is -2.43. The molecule has 0 saturated heterocycles. The number of ether oxygens (including phenoxy) is 1. The summed E-state index contributed by atoms with van der Waals surface area (Å²) in [6.07, 6.45) is 6.47. The summed E-state index contributed by atoms with van der Waals surface area (Å²) in [5.74, 6) is 1.58. The second kappa shape index (κ2) is 4.70. The molecule has 88 valence electrons. The molecule has 4 heteroatoms. The van der Waals surface area contributed by atoms with Crippen molar-refractivity contribution in [3.8, 4) is 5.75 Å². The molecule has 2 rings (SSSR count). The fraction of sp³-hybridized carbons (Fsp3) is 0.583. The van der Waals surface area contributed by atoms with Crippen LogP contribution in [0.15, 0.2) is 18.3 Å². The van der Waals surface area contributed by atoms with Crippen molar-refractivity contribution in [2.75, 3.05) is 19.0 Å². The zero-order valence-corrected chi connectivity index (χ0v) is 9.70. The minimum absolute atomic E-state index is 0.0155. The molecule has 1 aliphatic rings. The number of nitrogens with one attached hydrogen (secondary N) is 1. The van der Waals surface area contributed by atoms with E-state index in [0.29, 0.717) is 6.54 Å². The first-order valence-electron chi connectivity index (χ1n) is 5.77. The zero-order valence-electron chi connectivity index (χ0n) is 9.70. The number of hydrogen-bond donors (Lipinski definition) is 2. The smallest absolute Gasteiger partial charge is 0.169 e. The summed E-state index contributed by atoms with van der Waals surface area (Å²) in [5.41, 5.74) is 5.89. The Morgan fingerprint density at radius 1 is 1.50 bits per heavy atom. The maximum Gasteiger partial charge on any atom is 0.169 e. The molecule has 0 amide bonds. The van der Waals surface area contributed by atoms with Gasteiger partial charge in [-0.15, -0.1) is 0 Å². The minimum Gasteiger partial charge on any atom is -0.493 e. The SMILES string of the molecule is COc1cccnc1NC1(CN)CCCC1. The number of rotatable bonds is 4. The molecule has 1 aliphatic carbocycles. The van der Waals surface area contributed by atoms with Gasteiger partial charge in [0.1, 0.15) is 0 Å². The Morgan fingerprint density at radius 3 is 2.88 bits per heavy atom. The van der Waals surface area contributed by atoms with Gasteiger partial charge in [-0.05, 0) is 25.0 Å². The van der Waals surface area contributed by atoms with Crippen LogP contribution in [0.25, 0.3) is 0 Å². The van der Waals surface area contributed by atoms with Crippen LogP contribution in [0.4, 0.5) is 5.82 Å². The maximum absolute atomic E-state index is 5.88. The van der Waals surface area contributed by atoms with E-state index < -0.39 is 0 Å². The van der Waals surface area contributed by atoms with Crippen LogP contribution in [0.3, 0.4) is 0 Å². The Balaban J connectivity index is 2.18. The molecule has 1 aromatic rings. The normalized spacial score (nSPS) is 18.4. The van der Waals surface area contributed by atoms with Crippen LogP contribution in [0, 0.1) is 0 Å². The van der Waals surface area contributed by atoms with Crippen molar-refractivity contribution in [1.82, 2.24) is 4.98 Å². The molecule has 3 N–H and O–H groups in total. The number of methoxy groups -OCH3 is 1. The second-order valence-corrected chi connectivity index (χ2v) is 4.37. The lowest BCUT2D eigenvalue weighted by Gasteiger charge is -2.29. The van der Waals surface area contributed by atoms with E-state index in [-0.39, 0.29) is 5.54 Å². The number of nitrogens with zero attached hydrogens (tertiary/aromatic N) is 1. The van der Waals surface area contributed by atoms with Gasteiger partial charge in [-0.1, -0.05) is 12.8 Å². The first-order chi connectivity index (χ1) is 7.79. The second-order valence-electron chi connectivity index (χ2n) is 4.37. The predicted octanol–water partition coefficient (Wildman–Crippen LogP) is 1.77. The molecule has 0 aromatic carbocycles. The van der Waals surface area contributed by atoms with Crippen LogP contribution in [0.1, 0.15) is 25.7 Å². The highest BCUT2D eigenvalue weighted by Gasteiger charge is 2.33. The Kier molecular flexibility index (Phi) is 3.29. The highest BCUT2D eigenvalue weighted by atomic mass is 16.5. The lowest BCUT2D eigenvalue weighted by molar-refractivity contribution is 0.410. The first kappa shape index (κ1) is 11.2. The molecule has 1 aromatic heterocycles. The summed E-state index contributed by atoms with van der Waals surface area (Å²) >= 11 is 0. The Morgan fingerprint density at radius 2 is 2.25 bits per heavy atom. The molecule has 0 spiro atoms. The summed E-state index contributed by atoms with van der Waals surface area (Å²) < 4.78 is 5.28. The van der Waals surface area contributed by atoms with E-state index in [0.717, 1.165) is 24.4 Å². The van der Waals surface area contributed by atoms with E-state index in [1.165, 1.54) is 12.8 Å². The van der Waals surface area contributed by atoms with Crippen LogP contribution in [0.2, 0.25) is 0 Å². The molecule has 1 saturated carbocycles. The molecule has 0 unspecified atom stereocenters. The van der Waals surface area contributed by atoms with Gasteiger partial charge in [0.05, 0.1) is 12.6 Å². The fourth-order valence-corrected chi connectivity index (χ4v) is 2.33. The number of nitrogens with two attached hydrogens (primary N) is 1. The Labute approximate surface area is 96.2 Å². The molecule has 1 heterocycles. The van der Waals surface area contributed by atoms with Crippen LogP contribution in [-0.2, 0) is 0 Å². The van der Waals surface area contributed by atoms with Crippen molar-refractivity contribution in [2.24, 2.45) is 5.73 Å². The van der Waals surface area contributed by atoms with Crippen molar-refractivity contribution in [3.63, 3.8) is 0 Å². The summed E-state index contributed by atoms with van der Waals surface area (Å²) in [6, 6.07) is 3.78. The molecular weight excluding hydrogens is 202 g/mol. The number of aromatic nitrogens is 1. The third-order valence-electron chi connectivity index (χ3n) is 3.33. The summed E-state index contributed by atoms with van der Waals surface area (Å²) in [6.45, 7) is 0.646. The topological polar surface area (TPSA) is 60.2 Å². The van der Waals surface area contributed by atoms with Crippen LogP contribution in [-0.4, -0.2) is 24.2 Å². The van der Waals surface area contributed by atoms with Gasteiger partial charge < -0.3 is 15.8 Å². The average molecular weight is 221 g/mol. The van der Waals surface area contributed by atoms with Gasteiger partial charge in [0.15, 0.2) is 11.6 Å². The van der Waals surface area contributed by atoms with E-state index in [1.807, 2.05) is 12.1 Å². The Hall–Kier alpha value is -1.29. The lowest BCUT2D eigenvalue weighted by atomic mass is 9.98. The highest BCUT2D eigenvalue weighted by Crippen LogP contribution is 2.34. The van der Waals surface area contributed by atoms with Crippen LogP contribution < -0.4 is 15.8 Å². The van der Waals surface area contributed by atoms with Gasteiger partial charge in [-0.3, -0.25) is 0 Å². The number of anilines is 1. The molecule has 0 radical (unpaired) electrons. The van der Waals surface area contributed by atoms with E-state index in [1.54, 1.807) is 13.3 Å². The van der Waals surface area contributed by atoms with Gasteiger partial charge in [-0.2, -0.15) is 0 Å². The third kappa shape index (κ3) is 2.11. The van der Waals surface area contributed by atoms with E-state index in [2.05, 4.69) is 10.3 Å². The molecule has 4 nitrogen and oxygen atoms in total. The maximum atomic E-state index is 5.88. The number of pyridine rings is 1. The minimum atomic E-state index is 0.0155. The summed E-state index contributed by atoms with van der Waals surface area (Å²) in [4.78, 5) is 4.31. The molecule has 0 atom stereocenters. The van der Waals surface area contributed by atoms with E-state index >= 15 is 0 Å². The highest BCUT2D eigenvalue weighted by molar-refractivity contribution is 5.51. The van der Waals surface area contributed by atoms with Crippen molar-refractivity contribution < 1.29 is 4.74 Å². The van der Waals surface area contributed by atoms with Crippen molar-refractivity contribution in [2.45, 2.75) is 31.2 Å². The fourth-order valence-electron chi connectivity index (χ4n) is 2.33. The molecule has 0 bridgehead atoms. The number of hydrogen-bond acceptors (Lipinski definition) is 4. The predicted molar refractivity (Wildman–Crippen MR) is 64.7 cm³/mol. The molecule has 16 heavy (non-hydrogen) atoms. The van der Waals surface area contributed by atoms with Gasteiger partial charge in [0, 0.05) is 12.7 Å². The van der Waals surface area contributed by atoms with Crippen molar-refractivity contribution in [3.05, 3.63) is 18.3 Å². The van der Waals surface area contributed by atoms with E-state index in [4.69, 9.17) is 10.5 Å². The Bertz CT molecular complexity index is 348. The van der Waals surface area contributed by atoms with Gasteiger partial charge in [-0.25, -0.2) is 4.98 Å². The van der Waals surface area contributed by atoms with Crippen LogP contribution >= 0.6 is 0 Å². The standard InChI is InChI=1S/C12H19N3O/c1-16-10-5-4-8-14-11(10)15-12(9-13)6-2-3-7-12/h4-5,8H,2-3,6-7,9,13H2,1H3,(H,14,15). The molecular formula is C12H19N3O. The summed E-state index contributed by atoms with van der Waals surface area (Å²) in [5, 5.41) is 3.46. The van der Waals surface area contributed by atoms with Gasteiger partial charge in [0.25, 0.3) is 0 Å². The molecule has 0 aliphatic heterocycles. The van der Waals surface area contributed by atoms with Gasteiger partial charge in [0.2, 0.25) is 0 Å².